The number of carbonyl (C=O) groups is 3. The lowest BCUT2D eigenvalue weighted by molar-refractivity contribution is -0.137. The van der Waals surface area contributed by atoms with Crippen molar-refractivity contribution in [2.45, 2.75) is 50.1 Å². The van der Waals surface area contributed by atoms with Crippen LogP contribution in [0.5, 0.6) is 0 Å². The highest BCUT2D eigenvalue weighted by atomic mass is 35.5. The molecule has 3 amide bonds. The Balaban J connectivity index is 1.45. The van der Waals surface area contributed by atoms with Crippen LogP contribution < -0.4 is 15.4 Å². The van der Waals surface area contributed by atoms with E-state index in [0.29, 0.717) is 49.5 Å². The molecular weight excluding hydrogens is 516 g/mol. The molecule has 37 heavy (non-hydrogen) atoms. The minimum atomic E-state index is -3.42. The minimum absolute atomic E-state index is 0.0903. The first-order valence-electron chi connectivity index (χ1n) is 12.3. The molecule has 0 radical (unpaired) electrons. The summed E-state index contributed by atoms with van der Waals surface area (Å²) in [6, 6.07) is 13.0. The highest BCUT2D eigenvalue weighted by molar-refractivity contribution is 7.92. The quantitative estimate of drug-likeness (QED) is 0.469. The maximum atomic E-state index is 13.6. The molecule has 0 aromatic heterocycles. The average Bonchev–Trinajstić information content (AvgIpc) is 3.30. The monoisotopic (exact) mass is 546 g/mol. The molecule has 3 N–H and O–H groups in total. The molecule has 0 bridgehead atoms. The van der Waals surface area contributed by atoms with Crippen LogP contribution in [0.4, 0.5) is 5.69 Å². The molecule has 2 heterocycles. The van der Waals surface area contributed by atoms with Gasteiger partial charge >= 0.3 is 0 Å². The van der Waals surface area contributed by atoms with Crippen molar-refractivity contribution in [3.63, 3.8) is 0 Å². The fourth-order valence-corrected chi connectivity index (χ4v) is 5.63. The Hall–Kier alpha value is -3.11. The van der Waals surface area contributed by atoms with Crippen molar-refractivity contribution in [1.29, 1.82) is 0 Å². The number of halogens is 1. The maximum Gasteiger partial charge on any atom is 0.245 e. The molecule has 2 atom stereocenters. The van der Waals surface area contributed by atoms with E-state index in [9.17, 15) is 22.8 Å². The van der Waals surface area contributed by atoms with Gasteiger partial charge in [-0.25, -0.2) is 8.42 Å². The first-order chi connectivity index (χ1) is 17.6. The van der Waals surface area contributed by atoms with E-state index < -0.39 is 22.1 Å². The van der Waals surface area contributed by atoms with Gasteiger partial charge in [0.1, 0.15) is 12.1 Å². The first kappa shape index (κ1) is 26.9. The SMILES string of the molecule is CS(=O)(=O)Nc1ccccc1C1CCN(C(=O)[C@@H](Cc2ccc(Cl)cc2)NC(=O)C2CCC(=O)N2)CC1. The molecule has 0 aliphatic carbocycles. The smallest absolute Gasteiger partial charge is 0.245 e. The van der Waals surface area contributed by atoms with E-state index >= 15 is 0 Å². The number of hydrogen-bond acceptors (Lipinski definition) is 5. The molecule has 0 spiro atoms. The van der Waals surface area contributed by atoms with Crippen molar-refractivity contribution in [2.75, 3.05) is 24.1 Å². The summed E-state index contributed by atoms with van der Waals surface area (Å²) in [5, 5.41) is 6.10. The topological polar surface area (TPSA) is 125 Å². The Bertz CT molecular complexity index is 1260. The molecular formula is C26H31ClN4O5S. The highest BCUT2D eigenvalue weighted by Crippen LogP contribution is 2.33. The summed E-state index contributed by atoms with van der Waals surface area (Å²) in [7, 11) is -3.42. The van der Waals surface area contributed by atoms with Gasteiger partial charge in [-0.3, -0.25) is 19.1 Å². The lowest BCUT2D eigenvalue weighted by Crippen LogP contribution is -2.54. The van der Waals surface area contributed by atoms with E-state index in [1.807, 2.05) is 24.3 Å². The molecule has 2 aromatic carbocycles. The van der Waals surface area contributed by atoms with Crippen molar-refractivity contribution < 1.29 is 22.8 Å². The van der Waals surface area contributed by atoms with Crippen LogP contribution >= 0.6 is 11.6 Å². The second-order valence-electron chi connectivity index (χ2n) is 9.61. The van der Waals surface area contributed by atoms with E-state index in [1.54, 1.807) is 29.2 Å². The van der Waals surface area contributed by atoms with Gasteiger partial charge in [-0.1, -0.05) is 41.9 Å². The van der Waals surface area contributed by atoms with Crippen molar-refractivity contribution in [1.82, 2.24) is 15.5 Å². The van der Waals surface area contributed by atoms with Gasteiger partial charge in [0.05, 0.1) is 11.9 Å². The summed E-state index contributed by atoms with van der Waals surface area (Å²) in [6.45, 7) is 0.952. The summed E-state index contributed by atoms with van der Waals surface area (Å²) < 4.78 is 26.2. The van der Waals surface area contributed by atoms with Crippen molar-refractivity contribution >= 4 is 45.0 Å². The van der Waals surface area contributed by atoms with Crippen LogP contribution in [0, 0.1) is 0 Å². The van der Waals surface area contributed by atoms with Crippen LogP contribution in [0.2, 0.25) is 5.02 Å². The maximum absolute atomic E-state index is 13.6. The normalized spacial score (nSPS) is 19.2. The Kier molecular flexibility index (Phi) is 8.39. The predicted octanol–water partition coefficient (Wildman–Crippen LogP) is 2.42. The molecule has 198 valence electrons. The van der Waals surface area contributed by atoms with Crippen LogP contribution in [-0.4, -0.2) is 62.5 Å². The Morgan fingerprint density at radius 3 is 2.38 bits per heavy atom. The van der Waals surface area contributed by atoms with E-state index in [0.717, 1.165) is 17.4 Å². The number of piperidine rings is 1. The summed E-state index contributed by atoms with van der Waals surface area (Å²) in [6.07, 6.45) is 3.43. The van der Waals surface area contributed by atoms with Crippen molar-refractivity contribution in [3.8, 4) is 0 Å². The number of sulfonamides is 1. The summed E-state index contributed by atoms with van der Waals surface area (Å²) in [5.41, 5.74) is 2.32. The Morgan fingerprint density at radius 2 is 1.76 bits per heavy atom. The summed E-state index contributed by atoms with van der Waals surface area (Å²) in [4.78, 5) is 39.8. The molecule has 2 fully saturated rings. The van der Waals surface area contributed by atoms with Gasteiger partial charge in [0.15, 0.2) is 0 Å². The minimum Gasteiger partial charge on any atom is -0.344 e. The molecule has 2 aromatic rings. The zero-order valence-electron chi connectivity index (χ0n) is 20.6. The van der Waals surface area contributed by atoms with E-state index in [-0.39, 0.29) is 30.1 Å². The van der Waals surface area contributed by atoms with Crippen LogP contribution in [0.25, 0.3) is 0 Å². The summed E-state index contributed by atoms with van der Waals surface area (Å²) >= 11 is 6.00. The van der Waals surface area contributed by atoms with Gasteiger partial charge in [-0.15, -0.1) is 0 Å². The molecule has 9 nitrogen and oxygen atoms in total. The number of anilines is 1. The van der Waals surface area contributed by atoms with Crippen LogP contribution in [0.3, 0.4) is 0 Å². The summed E-state index contributed by atoms with van der Waals surface area (Å²) in [5.74, 6) is -0.636. The number of carbonyl (C=O) groups excluding carboxylic acids is 3. The Morgan fingerprint density at radius 1 is 1.08 bits per heavy atom. The lowest BCUT2D eigenvalue weighted by atomic mass is 9.88. The number of hydrogen-bond donors (Lipinski definition) is 3. The van der Waals surface area contributed by atoms with E-state index in [2.05, 4.69) is 15.4 Å². The number of amides is 3. The molecule has 2 aliphatic rings. The third-order valence-electron chi connectivity index (χ3n) is 6.78. The molecule has 0 saturated carbocycles. The van der Waals surface area contributed by atoms with E-state index in [4.69, 9.17) is 11.6 Å². The van der Waals surface area contributed by atoms with E-state index in [1.165, 1.54) is 0 Å². The lowest BCUT2D eigenvalue weighted by Gasteiger charge is -2.35. The van der Waals surface area contributed by atoms with Gasteiger partial charge in [0, 0.05) is 31.0 Å². The number of nitrogens with one attached hydrogen (secondary N) is 3. The van der Waals surface area contributed by atoms with Crippen LogP contribution in [0.15, 0.2) is 48.5 Å². The third kappa shape index (κ3) is 7.23. The molecule has 11 heteroatoms. The number of rotatable bonds is 8. The van der Waals surface area contributed by atoms with Crippen LogP contribution in [0.1, 0.15) is 42.7 Å². The van der Waals surface area contributed by atoms with Crippen molar-refractivity contribution in [3.05, 3.63) is 64.7 Å². The van der Waals surface area contributed by atoms with Gasteiger partial charge in [0.2, 0.25) is 27.7 Å². The number of para-hydroxylation sites is 1. The molecule has 2 aliphatic heterocycles. The highest BCUT2D eigenvalue weighted by Gasteiger charge is 2.34. The molecule has 2 saturated heterocycles. The fraction of sp³-hybridized carbons (Fsp3) is 0.423. The van der Waals surface area contributed by atoms with Gasteiger partial charge in [-0.2, -0.15) is 0 Å². The van der Waals surface area contributed by atoms with Gasteiger partial charge in [-0.05, 0) is 54.5 Å². The second kappa shape index (κ2) is 11.5. The zero-order valence-corrected chi connectivity index (χ0v) is 22.1. The van der Waals surface area contributed by atoms with Gasteiger partial charge < -0.3 is 15.5 Å². The average molecular weight is 547 g/mol. The number of nitrogens with zero attached hydrogens (tertiary/aromatic N) is 1. The third-order valence-corrected chi connectivity index (χ3v) is 7.62. The number of benzene rings is 2. The predicted molar refractivity (Wildman–Crippen MR) is 142 cm³/mol. The zero-order chi connectivity index (χ0) is 26.6. The standard InChI is InChI=1S/C26H31ClN4O5S/c1-37(35,36)30-21-5-3-2-4-20(21)18-12-14-31(15-13-18)26(34)23(16-17-6-8-19(27)9-7-17)29-25(33)22-10-11-24(32)28-22/h2-9,18,22-23,30H,10-16H2,1H3,(H,28,32)(H,29,33)/t22?,23-/m1/s1. The van der Waals surface area contributed by atoms with Crippen LogP contribution in [-0.2, 0) is 30.8 Å². The first-order valence-corrected chi connectivity index (χ1v) is 14.6. The molecule has 1 unspecified atom stereocenters. The second-order valence-corrected chi connectivity index (χ2v) is 11.8. The van der Waals surface area contributed by atoms with Crippen molar-refractivity contribution in [2.24, 2.45) is 0 Å². The van der Waals surface area contributed by atoms with Gasteiger partial charge in [0.25, 0.3) is 0 Å². The number of likely N-dealkylation sites (tertiary alicyclic amines) is 1. The largest absolute Gasteiger partial charge is 0.344 e. The molecule has 4 rings (SSSR count). The fourth-order valence-electron chi connectivity index (χ4n) is 4.92. The Labute approximate surface area is 222 Å².